The second kappa shape index (κ2) is 13.2. The van der Waals surface area contributed by atoms with Crippen LogP contribution in [-0.2, 0) is 26.2 Å². The monoisotopic (exact) mass is 542 g/mol. The first-order chi connectivity index (χ1) is 12.5. The van der Waals surface area contributed by atoms with Crippen LogP contribution in [0.5, 0.6) is 0 Å². The molecule has 4 rings (SSSR count). The fourth-order valence-electron chi connectivity index (χ4n) is 5.32. The van der Waals surface area contributed by atoms with Gasteiger partial charge >= 0.3 is 26.2 Å². The first-order valence-electron chi connectivity index (χ1n) is 11.0. The van der Waals surface area contributed by atoms with Crippen molar-refractivity contribution < 1.29 is 51.0 Å². The van der Waals surface area contributed by atoms with E-state index in [0.717, 1.165) is 0 Å². The molecule has 0 aromatic heterocycles. The molecule has 2 aliphatic heterocycles. The van der Waals surface area contributed by atoms with Gasteiger partial charge < -0.3 is 24.8 Å². The van der Waals surface area contributed by atoms with E-state index >= 15 is 0 Å². The van der Waals surface area contributed by atoms with Gasteiger partial charge in [-0.15, -0.1) is 0 Å². The summed E-state index contributed by atoms with van der Waals surface area (Å²) in [5.74, 6) is 0. The summed E-state index contributed by atoms with van der Waals surface area (Å²) in [7, 11) is -1.80. The smallest absolute Gasteiger partial charge is 1.00 e. The Kier molecular flexibility index (Phi) is 13.5. The third-order valence-electron chi connectivity index (χ3n) is 7.12. The summed E-state index contributed by atoms with van der Waals surface area (Å²) >= 11 is 0. The zero-order valence-electron chi connectivity index (χ0n) is 18.8. The van der Waals surface area contributed by atoms with Crippen molar-refractivity contribution in [3.63, 3.8) is 0 Å². The maximum atomic E-state index is 2.45. The molecule has 0 unspecified atom stereocenters. The standard InChI is InChI=1S/2C12H19Si.2ClH.Zr/c2*1-3-7-13(8-4-9-13)12-6-5-11(2)10-12;;;/h2*5-6,10H,3-4,7-9H2,1-2H3;2*1H;/q2*-1;;;+4/p-2. The summed E-state index contributed by atoms with van der Waals surface area (Å²) in [6.45, 7) is 9.11. The Morgan fingerprint density at radius 1 is 0.724 bits per heavy atom. The Morgan fingerprint density at radius 2 is 1.07 bits per heavy atom. The Hall–Kier alpha value is 0.597. The molecule has 2 aliphatic rings. The zero-order chi connectivity index (χ0) is 18.6. The van der Waals surface area contributed by atoms with E-state index in [-0.39, 0.29) is 51.0 Å². The molecule has 0 atom stereocenters. The molecule has 2 aromatic carbocycles. The molecule has 0 saturated carbocycles. The van der Waals surface area contributed by atoms with Gasteiger partial charge in [0, 0.05) is 16.1 Å². The number of rotatable bonds is 6. The predicted molar refractivity (Wildman–Crippen MR) is 123 cm³/mol. The van der Waals surface area contributed by atoms with Crippen molar-refractivity contribution in [2.75, 3.05) is 0 Å². The van der Waals surface area contributed by atoms with Crippen LogP contribution in [0.1, 0.15) is 50.7 Å². The molecule has 0 aliphatic carbocycles. The van der Waals surface area contributed by atoms with Gasteiger partial charge in [0.05, 0.1) is 0 Å². The molecule has 2 saturated heterocycles. The van der Waals surface area contributed by atoms with Crippen molar-refractivity contribution in [2.45, 2.75) is 89.6 Å². The molecule has 5 heteroatoms. The summed E-state index contributed by atoms with van der Waals surface area (Å²) < 4.78 is 0. The van der Waals surface area contributed by atoms with Gasteiger partial charge in [0.1, 0.15) is 0 Å². The number of halogens is 2. The Balaban J connectivity index is 0.000000490. The number of hydrogen-bond acceptors (Lipinski definition) is 0. The van der Waals surface area contributed by atoms with Gasteiger partial charge in [0.25, 0.3) is 0 Å². The van der Waals surface area contributed by atoms with Crippen LogP contribution < -0.4 is 35.2 Å². The first kappa shape index (κ1) is 29.6. The Bertz CT molecular complexity index is 639. The number of aryl methyl sites for hydroxylation is 2. The van der Waals surface area contributed by atoms with Crippen LogP contribution in [0.2, 0.25) is 36.3 Å². The van der Waals surface area contributed by atoms with E-state index in [1.165, 1.54) is 48.9 Å². The maximum absolute atomic E-state index is 2.45. The summed E-state index contributed by atoms with van der Waals surface area (Å²) in [6, 6.07) is 23.6. The third-order valence-corrected chi connectivity index (χ3v) is 18.3. The van der Waals surface area contributed by atoms with E-state index < -0.39 is 16.1 Å². The largest absolute Gasteiger partial charge is 4.00 e. The third kappa shape index (κ3) is 6.79. The molecule has 0 amide bonds. The molecular formula is C24H38Cl2Si2Zr. The van der Waals surface area contributed by atoms with Crippen molar-refractivity contribution in [3.8, 4) is 0 Å². The van der Waals surface area contributed by atoms with Gasteiger partial charge in [-0.25, -0.2) is 22.5 Å². The fourth-order valence-corrected chi connectivity index (χ4v) is 14.3. The van der Waals surface area contributed by atoms with E-state index in [9.17, 15) is 0 Å². The summed E-state index contributed by atoms with van der Waals surface area (Å²) in [6.07, 6.45) is 5.76. The first-order valence-corrected chi connectivity index (χ1v) is 16.3. The van der Waals surface area contributed by atoms with Gasteiger partial charge in [0.15, 0.2) is 0 Å². The average molecular weight is 545 g/mol. The zero-order valence-corrected chi connectivity index (χ0v) is 24.8. The van der Waals surface area contributed by atoms with Gasteiger partial charge in [-0.1, -0.05) is 89.6 Å². The van der Waals surface area contributed by atoms with Crippen LogP contribution >= 0.6 is 0 Å². The van der Waals surface area contributed by atoms with Gasteiger partial charge in [-0.3, -0.25) is 0 Å². The molecule has 29 heavy (non-hydrogen) atoms. The fraction of sp³-hybridized carbons (Fsp3) is 0.583. The minimum atomic E-state index is -0.898. The van der Waals surface area contributed by atoms with E-state index in [1.54, 1.807) is 34.5 Å². The maximum Gasteiger partial charge on any atom is 4.00 e. The summed E-state index contributed by atoms with van der Waals surface area (Å²) in [5, 5.41) is 3.50. The molecule has 0 radical (unpaired) electrons. The van der Waals surface area contributed by atoms with E-state index in [2.05, 4.69) is 64.1 Å². The normalized spacial score (nSPS) is 17.8. The van der Waals surface area contributed by atoms with Crippen LogP contribution in [0.4, 0.5) is 0 Å². The molecular weight excluding hydrogens is 507 g/mol. The van der Waals surface area contributed by atoms with Gasteiger partial charge in [-0.2, -0.15) is 35.4 Å². The topological polar surface area (TPSA) is 0 Å². The SMILES string of the molecule is CCC[Si]1(c2cc[c-](C)c2)CCC1.CCC[Si]1(c2cc[c-](C)c2)CCC1.[Cl-].[Cl-].[Zr+4]. The van der Waals surface area contributed by atoms with Crippen molar-refractivity contribution in [1.82, 2.24) is 0 Å². The van der Waals surface area contributed by atoms with E-state index in [1.807, 2.05) is 0 Å². The average Bonchev–Trinajstić information content (AvgIpc) is 3.16. The summed E-state index contributed by atoms with van der Waals surface area (Å²) in [5.41, 5.74) is 2.93. The van der Waals surface area contributed by atoms with Crippen LogP contribution in [0.15, 0.2) is 36.4 Å². The van der Waals surface area contributed by atoms with Crippen molar-refractivity contribution in [2.24, 2.45) is 0 Å². The molecule has 0 N–H and O–H groups in total. The predicted octanol–water partition coefficient (Wildman–Crippen LogP) is 0.372. The second-order valence-corrected chi connectivity index (χ2v) is 18.4. The summed E-state index contributed by atoms with van der Waals surface area (Å²) in [4.78, 5) is 0. The van der Waals surface area contributed by atoms with Crippen LogP contribution in [0, 0.1) is 13.8 Å². The quantitative estimate of drug-likeness (QED) is 0.364. The molecule has 2 aromatic rings. The molecule has 0 bridgehead atoms. The molecule has 160 valence electrons. The molecule has 0 nitrogen and oxygen atoms in total. The second-order valence-electron chi connectivity index (χ2n) is 9.12. The van der Waals surface area contributed by atoms with Gasteiger partial charge in [-0.05, 0) is 0 Å². The Labute approximate surface area is 213 Å². The van der Waals surface area contributed by atoms with E-state index in [4.69, 9.17) is 0 Å². The number of hydrogen-bond donors (Lipinski definition) is 0. The molecule has 0 spiro atoms. The van der Waals surface area contributed by atoms with Crippen LogP contribution in [-0.4, -0.2) is 16.1 Å². The minimum Gasteiger partial charge on any atom is -1.00 e. The molecule has 2 heterocycles. The van der Waals surface area contributed by atoms with Crippen molar-refractivity contribution in [1.29, 1.82) is 0 Å². The van der Waals surface area contributed by atoms with Crippen molar-refractivity contribution in [3.05, 3.63) is 47.5 Å². The van der Waals surface area contributed by atoms with Crippen LogP contribution in [0.25, 0.3) is 0 Å². The van der Waals surface area contributed by atoms with Crippen LogP contribution in [0.3, 0.4) is 0 Å². The Morgan fingerprint density at radius 3 is 1.24 bits per heavy atom. The minimum absolute atomic E-state index is 0. The van der Waals surface area contributed by atoms with E-state index in [0.29, 0.717) is 0 Å². The molecule has 2 fully saturated rings. The van der Waals surface area contributed by atoms with Gasteiger partial charge in [0.2, 0.25) is 0 Å². The van der Waals surface area contributed by atoms with Crippen molar-refractivity contribution >= 4 is 26.5 Å².